The molecule has 1 amide bonds. The molecule has 2 fully saturated rings. The summed E-state index contributed by atoms with van der Waals surface area (Å²) in [5.74, 6) is -0.375. The largest absolute Gasteiger partial charge is 0.480 e. The Morgan fingerprint density at radius 1 is 1.38 bits per heavy atom. The van der Waals surface area contributed by atoms with Crippen molar-refractivity contribution in [2.75, 3.05) is 0 Å². The molecule has 13 heavy (non-hydrogen) atoms. The second kappa shape index (κ2) is 2.72. The van der Waals surface area contributed by atoms with Crippen molar-refractivity contribution >= 4 is 11.9 Å². The first-order chi connectivity index (χ1) is 6.11. The molecule has 1 saturated carbocycles. The molecule has 4 heteroatoms. The first kappa shape index (κ1) is 8.53. The van der Waals surface area contributed by atoms with Crippen LogP contribution in [0.3, 0.4) is 0 Å². The lowest BCUT2D eigenvalue weighted by atomic mass is 10.0. The third kappa shape index (κ3) is 1.30. The van der Waals surface area contributed by atoms with Gasteiger partial charge in [-0.15, -0.1) is 0 Å². The van der Waals surface area contributed by atoms with Crippen molar-refractivity contribution in [1.29, 1.82) is 0 Å². The van der Waals surface area contributed by atoms with Crippen LogP contribution < -0.4 is 0 Å². The number of hydrogen-bond donors (Lipinski definition) is 1. The second-order valence-electron chi connectivity index (χ2n) is 3.92. The fourth-order valence-corrected chi connectivity index (χ4v) is 2.32. The van der Waals surface area contributed by atoms with E-state index in [0.29, 0.717) is 12.3 Å². The number of nitrogens with zero attached hydrogens (tertiary/aromatic N) is 1. The summed E-state index contributed by atoms with van der Waals surface area (Å²) in [7, 11) is 0. The zero-order valence-electron chi connectivity index (χ0n) is 7.56. The molecule has 2 rings (SSSR count). The molecule has 0 aromatic heterocycles. The van der Waals surface area contributed by atoms with E-state index in [1.807, 2.05) is 0 Å². The minimum Gasteiger partial charge on any atom is -0.480 e. The predicted octanol–water partition coefficient (Wildman–Crippen LogP) is 0.470. The van der Waals surface area contributed by atoms with Crippen LogP contribution in [-0.4, -0.2) is 34.0 Å². The summed E-state index contributed by atoms with van der Waals surface area (Å²) < 4.78 is 0. The number of carboxylic acid groups (broad SMARTS) is 1. The van der Waals surface area contributed by atoms with Gasteiger partial charge in [0.25, 0.3) is 0 Å². The van der Waals surface area contributed by atoms with Gasteiger partial charge in [0, 0.05) is 13.0 Å². The molecule has 72 valence electrons. The normalized spacial score (nSPS) is 36.7. The predicted molar refractivity (Wildman–Crippen MR) is 45.1 cm³/mol. The Morgan fingerprint density at radius 2 is 2.08 bits per heavy atom. The molecule has 0 bridgehead atoms. The van der Waals surface area contributed by atoms with Gasteiger partial charge in [0.15, 0.2) is 0 Å². The van der Waals surface area contributed by atoms with Crippen molar-refractivity contribution in [2.24, 2.45) is 5.92 Å². The van der Waals surface area contributed by atoms with Crippen LogP contribution in [0.1, 0.15) is 26.2 Å². The summed E-state index contributed by atoms with van der Waals surface area (Å²) in [6, 6.07) is -0.339. The van der Waals surface area contributed by atoms with E-state index < -0.39 is 12.0 Å². The van der Waals surface area contributed by atoms with Gasteiger partial charge in [-0.05, 0) is 25.2 Å². The highest BCUT2D eigenvalue weighted by molar-refractivity contribution is 5.83. The number of piperidine rings is 1. The molecular formula is C9H13NO3. The fraction of sp³-hybridized carbons (Fsp3) is 0.778. The fourth-order valence-electron chi connectivity index (χ4n) is 2.32. The number of rotatable bonds is 1. The minimum absolute atomic E-state index is 0.0976. The van der Waals surface area contributed by atoms with E-state index in [1.165, 1.54) is 6.92 Å². The zero-order chi connectivity index (χ0) is 9.59. The van der Waals surface area contributed by atoms with Crippen molar-refractivity contribution in [3.8, 4) is 0 Å². The van der Waals surface area contributed by atoms with E-state index in [1.54, 1.807) is 4.90 Å². The number of hydrogen-bond acceptors (Lipinski definition) is 2. The quantitative estimate of drug-likeness (QED) is 0.643. The Labute approximate surface area is 76.5 Å². The maximum Gasteiger partial charge on any atom is 0.326 e. The lowest BCUT2D eigenvalue weighted by Gasteiger charge is -2.31. The molecule has 2 aliphatic rings. The third-order valence-corrected chi connectivity index (χ3v) is 3.04. The Bertz CT molecular complexity index is 264. The van der Waals surface area contributed by atoms with Crippen LogP contribution in [0, 0.1) is 5.92 Å². The van der Waals surface area contributed by atoms with E-state index in [4.69, 9.17) is 5.11 Å². The van der Waals surface area contributed by atoms with Crippen LogP contribution >= 0.6 is 0 Å². The number of fused-ring (bicyclic) bond motifs is 1. The number of amides is 1. The third-order valence-electron chi connectivity index (χ3n) is 3.04. The van der Waals surface area contributed by atoms with Gasteiger partial charge in [-0.1, -0.05) is 0 Å². The molecule has 1 saturated heterocycles. The molecule has 3 atom stereocenters. The van der Waals surface area contributed by atoms with Gasteiger partial charge in [-0.3, -0.25) is 4.79 Å². The maximum atomic E-state index is 11.2. The Morgan fingerprint density at radius 3 is 2.62 bits per heavy atom. The average Bonchev–Trinajstić information content (AvgIpc) is 2.79. The van der Waals surface area contributed by atoms with Crippen LogP contribution in [-0.2, 0) is 9.59 Å². The summed E-state index contributed by atoms with van der Waals surface area (Å²) in [6.45, 7) is 1.45. The Balaban J connectivity index is 2.16. The number of carbonyl (C=O) groups is 2. The van der Waals surface area contributed by atoms with Crippen molar-refractivity contribution in [1.82, 2.24) is 4.90 Å². The van der Waals surface area contributed by atoms with Gasteiger partial charge in [0.1, 0.15) is 6.04 Å². The second-order valence-corrected chi connectivity index (χ2v) is 3.92. The van der Waals surface area contributed by atoms with Gasteiger partial charge in [0.05, 0.1) is 0 Å². The molecular weight excluding hydrogens is 170 g/mol. The van der Waals surface area contributed by atoms with E-state index in [-0.39, 0.29) is 11.9 Å². The number of carbonyl (C=O) groups excluding carboxylic acids is 1. The first-order valence-electron chi connectivity index (χ1n) is 4.63. The van der Waals surface area contributed by atoms with Crippen LogP contribution in [0.15, 0.2) is 0 Å². The molecule has 0 radical (unpaired) electrons. The Kier molecular flexibility index (Phi) is 1.78. The van der Waals surface area contributed by atoms with Crippen LogP contribution in [0.25, 0.3) is 0 Å². The minimum atomic E-state index is -0.861. The lowest BCUT2D eigenvalue weighted by Crippen LogP contribution is -2.48. The molecule has 0 aromatic rings. The van der Waals surface area contributed by atoms with E-state index in [0.717, 1.165) is 12.8 Å². The van der Waals surface area contributed by atoms with E-state index >= 15 is 0 Å². The molecule has 4 nitrogen and oxygen atoms in total. The van der Waals surface area contributed by atoms with Gasteiger partial charge >= 0.3 is 5.97 Å². The van der Waals surface area contributed by atoms with Gasteiger partial charge in [-0.2, -0.15) is 0 Å². The van der Waals surface area contributed by atoms with Gasteiger partial charge in [0.2, 0.25) is 5.91 Å². The van der Waals surface area contributed by atoms with Crippen molar-refractivity contribution < 1.29 is 14.7 Å². The molecule has 3 unspecified atom stereocenters. The van der Waals surface area contributed by atoms with Crippen LogP contribution in [0.4, 0.5) is 0 Å². The number of likely N-dealkylation sites (tertiary alicyclic amines) is 1. The van der Waals surface area contributed by atoms with E-state index in [9.17, 15) is 9.59 Å². The summed E-state index contributed by atoms with van der Waals surface area (Å²) in [5, 5.41) is 8.90. The van der Waals surface area contributed by atoms with Crippen LogP contribution in [0.5, 0.6) is 0 Å². The van der Waals surface area contributed by atoms with Crippen molar-refractivity contribution in [3.63, 3.8) is 0 Å². The molecule has 0 spiro atoms. The summed E-state index contributed by atoms with van der Waals surface area (Å²) >= 11 is 0. The summed E-state index contributed by atoms with van der Waals surface area (Å²) in [6.07, 6.45) is 2.59. The highest BCUT2D eigenvalue weighted by Crippen LogP contribution is 2.45. The standard InChI is InChI=1S/C9H13NO3/c1-5(11)10-7(9(12)13)3-2-6-4-8(6)10/h6-8H,2-4H2,1H3,(H,12,13). The molecule has 1 aliphatic carbocycles. The molecule has 1 aliphatic heterocycles. The molecule has 0 aromatic carbocycles. The average molecular weight is 183 g/mol. The maximum absolute atomic E-state index is 11.2. The molecule has 1 N–H and O–H groups in total. The van der Waals surface area contributed by atoms with Gasteiger partial charge in [-0.25, -0.2) is 4.79 Å². The van der Waals surface area contributed by atoms with E-state index in [2.05, 4.69) is 0 Å². The van der Waals surface area contributed by atoms with Gasteiger partial charge < -0.3 is 10.0 Å². The summed E-state index contributed by atoms with van der Waals surface area (Å²) in [5.41, 5.74) is 0. The molecule has 1 heterocycles. The number of carboxylic acids is 1. The zero-order valence-corrected chi connectivity index (χ0v) is 7.56. The summed E-state index contributed by atoms with van der Waals surface area (Å²) in [4.78, 5) is 23.6. The topological polar surface area (TPSA) is 57.6 Å². The Hall–Kier alpha value is -1.06. The number of aliphatic carboxylic acids is 1. The first-order valence-corrected chi connectivity index (χ1v) is 4.63. The SMILES string of the molecule is CC(=O)N1C(C(=O)O)CCC2CC21. The lowest BCUT2D eigenvalue weighted by molar-refractivity contribution is -0.151. The monoisotopic (exact) mass is 183 g/mol. The van der Waals surface area contributed by atoms with Crippen molar-refractivity contribution in [2.45, 2.75) is 38.3 Å². The smallest absolute Gasteiger partial charge is 0.326 e. The highest BCUT2D eigenvalue weighted by atomic mass is 16.4. The van der Waals surface area contributed by atoms with Crippen LogP contribution in [0.2, 0.25) is 0 Å². The van der Waals surface area contributed by atoms with Crippen molar-refractivity contribution in [3.05, 3.63) is 0 Å². The highest BCUT2D eigenvalue weighted by Gasteiger charge is 2.50.